The van der Waals surface area contributed by atoms with Crippen molar-refractivity contribution < 1.29 is 9.59 Å². The van der Waals surface area contributed by atoms with Gasteiger partial charge in [-0.3, -0.25) is 9.59 Å². The molecule has 0 aromatic heterocycles. The SMILES string of the molecule is CC(=O)CCN1CC2(CCCCC2)CC1=O. The van der Waals surface area contributed by atoms with Gasteiger partial charge in [0.05, 0.1) is 0 Å². The van der Waals surface area contributed by atoms with Crippen LogP contribution < -0.4 is 0 Å². The number of Topliss-reactive ketones (excluding diaryl/α,β-unsaturated/α-hetero) is 1. The first-order valence-corrected chi connectivity index (χ1v) is 6.39. The number of rotatable bonds is 3. The van der Waals surface area contributed by atoms with Crippen LogP contribution in [0.3, 0.4) is 0 Å². The zero-order valence-corrected chi connectivity index (χ0v) is 10.1. The Morgan fingerprint density at radius 2 is 2.00 bits per heavy atom. The van der Waals surface area contributed by atoms with Gasteiger partial charge < -0.3 is 4.90 Å². The fourth-order valence-electron chi connectivity index (χ4n) is 3.11. The molecule has 0 atom stereocenters. The van der Waals surface area contributed by atoms with Gasteiger partial charge in [0.2, 0.25) is 5.91 Å². The Morgan fingerprint density at radius 3 is 2.62 bits per heavy atom. The lowest BCUT2D eigenvalue weighted by atomic mass is 9.73. The van der Waals surface area contributed by atoms with Crippen LogP contribution in [0.4, 0.5) is 0 Å². The zero-order chi connectivity index (χ0) is 11.6. The third-order valence-corrected chi connectivity index (χ3v) is 4.05. The predicted octanol–water partition coefficient (Wildman–Crippen LogP) is 2.15. The summed E-state index contributed by atoms with van der Waals surface area (Å²) in [5.74, 6) is 0.445. The van der Waals surface area contributed by atoms with Gasteiger partial charge in [0, 0.05) is 25.9 Å². The van der Waals surface area contributed by atoms with Crippen molar-refractivity contribution in [2.24, 2.45) is 5.41 Å². The van der Waals surface area contributed by atoms with Crippen LogP contribution in [0, 0.1) is 5.41 Å². The minimum absolute atomic E-state index is 0.178. The molecule has 1 aliphatic heterocycles. The van der Waals surface area contributed by atoms with Gasteiger partial charge in [0.25, 0.3) is 0 Å². The van der Waals surface area contributed by atoms with Crippen molar-refractivity contribution in [3.8, 4) is 0 Å². The Balaban J connectivity index is 1.92. The highest BCUT2D eigenvalue weighted by Gasteiger charge is 2.43. The molecule has 2 aliphatic rings. The normalized spacial score (nSPS) is 24.1. The van der Waals surface area contributed by atoms with E-state index in [0.29, 0.717) is 13.0 Å². The molecule has 3 heteroatoms. The number of carbonyl (C=O) groups is 2. The predicted molar refractivity (Wildman–Crippen MR) is 62.0 cm³/mol. The topological polar surface area (TPSA) is 37.4 Å². The summed E-state index contributed by atoms with van der Waals surface area (Å²) in [5, 5.41) is 0. The largest absolute Gasteiger partial charge is 0.342 e. The molecule has 16 heavy (non-hydrogen) atoms. The minimum Gasteiger partial charge on any atom is -0.342 e. The number of likely N-dealkylation sites (tertiary alicyclic amines) is 1. The second kappa shape index (κ2) is 4.56. The van der Waals surface area contributed by atoms with E-state index in [2.05, 4.69) is 0 Å². The summed E-state index contributed by atoms with van der Waals surface area (Å²) in [6, 6.07) is 0. The quantitative estimate of drug-likeness (QED) is 0.735. The fourth-order valence-corrected chi connectivity index (χ4v) is 3.11. The third kappa shape index (κ3) is 2.45. The van der Waals surface area contributed by atoms with Crippen molar-refractivity contribution in [3.05, 3.63) is 0 Å². The Hall–Kier alpha value is -0.860. The maximum Gasteiger partial charge on any atom is 0.223 e. The van der Waals surface area contributed by atoms with Gasteiger partial charge in [-0.15, -0.1) is 0 Å². The van der Waals surface area contributed by atoms with Gasteiger partial charge in [0.15, 0.2) is 0 Å². The second-order valence-corrected chi connectivity index (χ2v) is 5.50. The lowest BCUT2D eigenvalue weighted by molar-refractivity contribution is -0.128. The Bertz CT molecular complexity index is 292. The van der Waals surface area contributed by atoms with Crippen molar-refractivity contribution in [3.63, 3.8) is 0 Å². The number of nitrogens with zero attached hydrogens (tertiary/aromatic N) is 1. The Kier molecular flexibility index (Phi) is 3.31. The molecule has 1 aliphatic carbocycles. The molecule has 0 N–H and O–H groups in total. The number of amides is 1. The first-order chi connectivity index (χ1) is 7.61. The highest BCUT2D eigenvalue weighted by atomic mass is 16.2. The van der Waals surface area contributed by atoms with E-state index in [0.717, 1.165) is 13.0 Å². The van der Waals surface area contributed by atoms with Crippen molar-refractivity contribution in [1.29, 1.82) is 0 Å². The zero-order valence-electron chi connectivity index (χ0n) is 10.1. The van der Waals surface area contributed by atoms with Crippen LogP contribution in [0.15, 0.2) is 0 Å². The van der Waals surface area contributed by atoms with E-state index >= 15 is 0 Å². The molecule has 1 heterocycles. The van der Waals surface area contributed by atoms with E-state index in [1.54, 1.807) is 6.92 Å². The molecule has 2 rings (SSSR count). The number of hydrogen-bond acceptors (Lipinski definition) is 2. The Labute approximate surface area is 97.2 Å². The monoisotopic (exact) mass is 223 g/mol. The van der Waals surface area contributed by atoms with Crippen molar-refractivity contribution in [2.45, 2.75) is 51.9 Å². The van der Waals surface area contributed by atoms with E-state index in [-0.39, 0.29) is 17.1 Å². The Morgan fingerprint density at radius 1 is 1.31 bits per heavy atom. The lowest BCUT2D eigenvalue weighted by Gasteiger charge is -2.32. The summed E-state index contributed by atoms with van der Waals surface area (Å²) in [6.45, 7) is 3.13. The summed E-state index contributed by atoms with van der Waals surface area (Å²) in [5.41, 5.74) is 0.270. The van der Waals surface area contributed by atoms with Crippen LogP contribution in [0.25, 0.3) is 0 Å². The average molecular weight is 223 g/mol. The molecular formula is C13H21NO2. The molecule has 90 valence electrons. The van der Waals surface area contributed by atoms with Crippen LogP contribution in [-0.4, -0.2) is 29.7 Å². The van der Waals surface area contributed by atoms with Gasteiger partial charge in [-0.25, -0.2) is 0 Å². The van der Waals surface area contributed by atoms with E-state index in [4.69, 9.17) is 0 Å². The molecule has 0 unspecified atom stereocenters. The molecule has 2 fully saturated rings. The van der Waals surface area contributed by atoms with Gasteiger partial charge in [0.1, 0.15) is 5.78 Å². The maximum absolute atomic E-state index is 11.9. The molecule has 1 saturated carbocycles. The summed E-state index contributed by atoms with van der Waals surface area (Å²) in [6.07, 6.45) is 7.52. The van der Waals surface area contributed by atoms with Crippen LogP contribution in [0.2, 0.25) is 0 Å². The first-order valence-electron chi connectivity index (χ1n) is 6.39. The number of hydrogen-bond donors (Lipinski definition) is 0. The maximum atomic E-state index is 11.9. The van der Waals surface area contributed by atoms with Gasteiger partial charge in [-0.05, 0) is 25.2 Å². The molecule has 0 radical (unpaired) electrons. The van der Waals surface area contributed by atoms with Gasteiger partial charge in [-0.2, -0.15) is 0 Å². The van der Waals surface area contributed by atoms with Crippen LogP contribution >= 0.6 is 0 Å². The van der Waals surface area contributed by atoms with E-state index in [9.17, 15) is 9.59 Å². The third-order valence-electron chi connectivity index (χ3n) is 4.05. The molecule has 0 bridgehead atoms. The molecule has 1 amide bonds. The minimum atomic E-state index is 0.178. The number of carbonyl (C=O) groups excluding carboxylic acids is 2. The highest BCUT2D eigenvalue weighted by Crippen LogP contribution is 2.44. The summed E-state index contributed by atoms with van der Waals surface area (Å²) >= 11 is 0. The molecule has 3 nitrogen and oxygen atoms in total. The van der Waals surface area contributed by atoms with E-state index in [1.807, 2.05) is 4.90 Å². The highest BCUT2D eigenvalue weighted by molar-refractivity contribution is 5.81. The van der Waals surface area contributed by atoms with Crippen LogP contribution in [0.1, 0.15) is 51.9 Å². The van der Waals surface area contributed by atoms with E-state index in [1.165, 1.54) is 32.1 Å². The van der Waals surface area contributed by atoms with Gasteiger partial charge in [-0.1, -0.05) is 19.3 Å². The van der Waals surface area contributed by atoms with Crippen molar-refractivity contribution in [1.82, 2.24) is 4.90 Å². The second-order valence-electron chi connectivity index (χ2n) is 5.50. The summed E-state index contributed by atoms with van der Waals surface area (Å²) in [7, 11) is 0. The fraction of sp³-hybridized carbons (Fsp3) is 0.846. The van der Waals surface area contributed by atoms with E-state index < -0.39 is 0 Å². The molecule has 1 saturated heterocycles. The van der Waals surface area contributed by atoms with Crippen LogP contribution in [0.5, 0.6) is 0 Å². The smallest absolute Gasteiger partial charge is 0.223 e. The average Bonchev–Trinajstić information content (AvgIpc) is 2.53. The molecule has 0 aromatic rings. The molecule has 1 spiro atoms. The first kappa shape index (κ1) is 11.6. The summed E-state index contributed by atoms with van der Waals surface area (Å²) in [4.78, 5) is 24.7. The molecular weight excluding hydrogens is 202 g/mol. The molecule has 0 aromatic carbocycles. The lowest BCUT2D eigenvalue weighted by Crippen LogP contribution is -2.31. The number of ketones is 1. The standard InChI is InChI=1S/C13H21NO2/c1-11(15)5-8-14-10-13(9-12(14)16)6-3-2-4-7-13/h2-10H2,1H3. The van der Waals surface area contributed by atoms with Gasteiger partial charge >= 0.3 is 0 Å². The van der Waals surface area contributed by atoms with Crippen molar-refractivity contribution >= 4 is 11.7 Å². The van der Waals surface area contributed by atoms with Crippen molar-refractivity contribution in [2.75, 3.05) is 13.1 Å². The van der Waals surface area contributed by atoms with Crippen LogP contribution in [-0.2, 0) is 9.59 Å². The summed E-state index contributed by atoms with van der Waals surface area (Å²) < 4.78 is 0.